The Bertz CT molecular complexity index is 1390. The fourth-order valence-corrected chi connectivity index (χ4v) is 3.78. The van der Waals surface area contributed by atoms with Gasteiger partial charge in [0.2, 0.25) is 0 Å². The van der Waals surface area contributed by atoms with E-state index in [2.05, 4.69) is 140 Å². The number of aryl methyl sites for hydroxylation is 1. The van der Waals surface area contributed by atoms with Crippen LogP contribution in [0.25, 0.3) is 10.8 Å². The zero-order valence-corrected chi connectivity index (χ0v) is 58.1. The van der Waals surface area contributed by atoms with Gasteiger partial charge >= 0.3 is 0 Å². The first-order valence-electron chi connectivity index (χ1n) is 27.2. The van der Waals surface area contributed by atoms with Gasteiger partial charge in [-0.25, -0.2) is 0 Å². The molecule has 0 saturated carbocycles. The maximum absolute atomic E-state index is 2.89. The normalized spacial score (nSPS) is 6.52. The predicted octanol–water partition coefficient (Wildman–Crippen LogP) is 24.9. The minimum absolute atomic E-state index is 0. The molecule has 0 spiro atoms. The molecule has 7 aromatic carbocycles. The van der Waals surface area contributed by atoms with Gasteiger partial charge in [0.1, 0.15) is 0 Å². The van der Waals surface area contributed by atoms with Crippen LogP contribution in [0.15, 0.2) is 200 Å². The Kier molecular flexibility index (Phi) is 187. The Hall–Kier alpha value is -2.99. The van der Waals surface area contributed by atoms with Crippen molar-refractivity contribution in [3.05, 3.63) is 236 Å². The Labute approximate surface area is 501 Å². The largest absolute Gasteiger partial charge is 0.358 e. The van der Waals surface area contributed by atoms with Crippen molar-refractivity contribution in [2.45, 2.75) is 193 Å². The quantitative estimate of drug-likeness (QED) is 0.151. The van der Waals surface area contributed by atoms with Gasteiger partial charge in [-0.05, 0) is 35.2 Å². The summed E-state index contributed by atoms with van der Waals surface area (Å²) in [6.45, 7) is 54.1. The molecule has 404 valence electrons. The van der Waals surface area contributed by atoms with Crippen LogP contribution >= 0.6 is 0 Å². The summed E-state index contributed by atoms with van der Waals surface area (Å²) in [4.78, 5) is 0. The second kappa shape index (κ2) is 127. The summed E-state index contributed by atoms with van der Waals surface area (Å²) in [7, 11) is 0. The Morgan fingerprint density at radius 3 is 0.549 bits per heavy atom. The molecule has 0 nitrogen and oxygen atoms in total. The zero-order chi connectivity index (χ0) is 55.3. The molecular weight excluding hydrogens is 1010 g/mol. The first kappa shape index (κ1) is 105. The van der Waals surface area contributed by atoms with Crippen molar-refractivity contribution >= 4 is 10.8 Å². The van der Waals surface area contributed by atoms with Crippen molar-refractivity contribution in [3.8, 4) is 0 Å². The molecule has 2 heteroatoms. The summed E-state index contributed by atoms with van der Waals surface area (Å²) in [6, 6.07) is 73.0. The molecular formula is C69H119Y2-3. The van der Waals surface area contributed by atoms with Crippen LogP contribution in [-0.4, -0.2) is 0 Å². The van der Waals surface area contributed by atoms with Gasteiger partial charge in [-0.15, -0.1) is 0 Å². The molecule has 0 aliphatic carbocycles. The molecule has 2 radical (unpaired) electrons. The molecule has 0 unspecified atom stereocenters. The molecule has 0 aromatic heterocycles. The van der Waals surface area contributed by atoms with Crippen molar-refractivity contribution in [1.82, 2.24) is 0 Å². The van der Waals surface area contributed by atoms with Crippen LogP contribution < -0.4 is 0 Å². The van der Waals surface area contributed by atoms with Gasteiger partial charge in [-0.3, -0.25) is 0 Å². The van der Waals surface area contributed by atoms with E-state index in [1.165, 1.54) is 27.5 Å². The van der Waals surface area contributed by atoms with Gasteiger partial charge < -0.3 is 7.43 Å². The van der Waals surface area contributed by atoms with Crippen molar-refractivity contribution in [3.63, 3.8) is 0 Å². The topological polar surface area (TPSA) is 0 Å². The smallest absolute Gasteiger partial charge is 0 e. The van der Waals surface area contributed by atoms with Gasteiger partial charge in [0.05, 0.1) is 0 Å². The van der Waals surface area contributed by atoms with E-state index in [0.717, 1.165) is 6.42 Å². The predicted molar refractivity (Wildman–Crippen MR) is 335 cm³/mol. The first-order chi connectivity index (χ1) is 33.8. The minimum Gasteiger partial charge on any atom is -0.358 e. The van der Waals surface area contributed by atoms with Crippen molar-refractivity contribution in [2.75, 3.05) is 0 Å². The van der Waals surface area contributed by atoms with E-state index in [-0.39, 0.29) is 72.8 Å². The van der Waals surface area contributed by atoms with Gasteiger partial charge in [0, 0.05) is 65.4 Å². The molecule has 0 saturated heterocycles. The standard InChI is InChI=1S/C13H12.C10H8.C7H8.2C6H5.13C2H6.CH3.2Y/c1-3-7-12(8-4-1)11-13-9-5-2-6-10-13;1-2-6-10-8-4-3-7-9(10)5-1;1-7-5-3-2-4-6-7;2*1-2-4-6-5-3-1;13*1-2;;;/h1-10H,11H2;1-8H;2-6H,1H3;2*1-5H;13*1-2H3;1H3;;/q;;;2*-1;;;;;;;;;;;;;;-1;;. The molecule has 0 aliphatic rings. The average molecular weight is 1130 g/mol. The average Bonchev–Trinajstić information content (AvgIpc) is 3.50. The number of fused-ring (bicyclic) bond motifs is 1. The fourth-order valence-electron chi connectivity index (χ4n) is 3.78. The van der Waals surface area contributed by atoms with Crippen molar-refractivity contribution < 1.29 is 65.4 Å². The van der Waals surface area contributed by atoms with Crippen LogP contribution in [0.2, 0.25) is 0 Å². The van der Waals surface area contributed by atoms with Crippen molar-refractivity contribution in [1.29, 1.82) is 0 Å². The molecule has 0 fully saturated rings. The van der Waals surface area contributed by atoms with Crippen LogP contribution in [0.1, 0.15) is 197 Å². The Balaban J connectivity index is -0.0000000429. The molecule has 0 heterocycles. The van der Waals surface area contributed by atoms with Gasteiger partial charge in [-0.2, -0.15) is 72.8 Å². The molecule has 0 bridgehead atoms. The summed E-state index contributed by atoms with van der Waals surface area (Å²) < 4.78 is 0. The Morgan fingerprint density at radius 2 is 0.408 bits per heavy atom. The van der Waals surface area contributed by atoms with Gasteiger partial charge in [0.15, 0.2) is 0 Å². The maximum Gasteiger partial charge on any atom is 0 e. The third-order valence-electron chi connectivity index (χ3n) is 5.91. The molecule has 0 amide bonds. The third kappa shape index (κ3) is 93.6. The van der Waals surface area contributed by atoms with Gasteiger partial charge in [-0.1, -0.05) is 325 Å². The molecule has 7 rings (SSSR count). The Morgan fingerprint density at radius 1 is 0.239 bits per heavy atom. The van der Waals surface area contributed by atoms with Crippen LogP contribution in [0.4, 0.5) is 0 Å². The summed E-state index contributed by atoms with van der Waals surface area (Å²) in [5, 5.41) is 2.62. The summed E-state index contributed by atoms with van der Waals surface area (Å²) >= 11 is 0. The number of benzene rings is 7. The zero-order valence-electron chi connectivity index (χ0n) is 52.4. The maximum atomic E-state index is 2.89. The minimum atomic E-state index is 0. The van der Waals surface area contributed by atoms with Crippen LogP contribution in [0, 0.1) is 26.5 Å². The number of hydrogen-bond acceptors (Lipinski definition) is 0. The van der Waals surface area contributed by atoms with E-state index < -0.39 is 0 Å². The van der Waals surface area contributed by atoms with Crippen LogP contribution in [0.5, 0.6) is 0 Å². The van der Waals surface area contributed by atoms with E-state index >= 15 is 0 Å². The van der Waals surface area contributed by atoms with Crippen LogP contribution in [0.3, 0.4) is 0 Å². The SMILES string of the molecule is CC.CC.CC.CC.CC.CC.CC.CC.CC.CC.CC.CC.CC.Cc1ccccc1.[CH3-].[Y].[Y].[c-]1ccccc1.[c-]1ccccc1.c1ccc(Cc2ccccc2)cc1.c1ccc2ccccc2c1. The molecule has 0 N–H and O–H groups in total. The van der Waals surface area contributed by atoms with E-state index in [4.69, 9.17) is 0 Å². The number of rotatable bonds is 2. The summed E-state index contributed by atoms with van der Waals surface area (Å²) in [5.74, 6) is 0. The molecule has 0 aliphatic heterocycles. The summed E-state index contributed by atoms with van der Waals surface area (Å²) in [5.41, 5.74) is 4.06. The molecule has 71 heavy (non-hydrogen) atoms. The summed E-state index contributed by atoms with van der Waals surface area (Å²) in [6.07, 6.45) is 1.03. The fraction of sp³-hybridized carbons (Fsp3) is 0.406. The van der Waals surface area contributed by atoms with Gasteiger partial charge in [0.25, 0.3) is 0 Å². The van der Waals surface area contributed by atoms with Crippen LogP contribution in [-0.2, 0) is 71.8 Å². The molecule has 7 aromatic rings. The second-order valence-corrected chi connectivity index (χ2v) is 9.30. The number of hydrogen-bond donors (Lipinski definition) is 0. The third-order valence-corrected chi connectivity index (χ3v) is 5.91. The molecule has 0 atom stereocenters. The van der Waals surface area contributed by atoms with E-state index in [1.807, 2.05) is 259 Å². The van der Waals surface area contributed by atoms with E-state index in [1.54, 1.807) is 0 Å². The van der Waals surface area contributed by atoms with E-state index in [0.29, 0.717) is 0 Å². The van der Waals surface area contributed by atoms with E-state index in [9.17, 15) is 0 Å². The van der Waals surface area contributed by atoms with Crippen molar-refractivity contribution in [2.24, 2.45) is 0 Å². The second-order valence-electron chi connectivity index (χ2n) is 9.30. The first-order valence-corrected chi connectivity index (χ1v) is 27.2. The monoisotopic (exact) mass is 1130 g/mol.